The van der Waals surface area contributed by atoms with Crippen molar-refractivity contribution in [2.45, 2.75) is 19.8 Å². The molecule has 0 heterocycles. The fourth-order valence-electron chi connectivity index (χ4n) is 1.29. The second-order valence-electron chi connectivity index (χ2n) is 3.15. The van der Waals surface area contributed by atoms with Crippen LogP contribution >= 0.6 is 0 Å². The molecule has 1 atom stereocenters. The molecule has 1 nitrogen and oxygen atoms in total. The summed E-state index contributed by atoms with van der Waals surface area (Å²) in [6.45, 7) is 2.41. The van der Waals surface area contributed by atoms with Crippen LogP contribution in [0, 0.1) is 5.92 Å². The van der Waals surface area contributed by atoms with Gasteiger partial charge in [-0.3, -0.25) is 0 Å². The average Bonchev–Trinajstić information content (AvgIpc) is 2.16. The van der Waals surface area contributed by atoms with E-state index in [9.17, 15) is 0 Å². The van der Waals surface area contributed by atoms with Gasteiger partial charge in [-0.05, 0) is 17.9 Å². The summed E-state index contributed by atoms with van der Waals surface area (Å²) in [7, 11) is 0. The van der Waals surface area contributed by atoms with E-state index in [1.54, 1.807) is 0 Å². The molecule has 0 amide bonds. The van der Waals surface area contributed by atoms with Gasteiger partial charge >= 0.3 is 0 Å². The van der Waals surface area contributed by atoms with Crippen molar-refractivity contribution >= 4 is 0 Å². The van der Waals surface area contributed by atoms with Crippen LogP contribution in [0.3, 0.4) is 0 Å². The molecule has 1 aromatic carbocycles. The molecule has 0 aliphatic heterocycles. The molecule has 1 rings (SSSR count). The quantitative estimate of drug-likeness (QED) is 0.723. The highest BCUT2D eigenvalue weighted by Crippen LogP contribution is 2.10. The number of rotatable bonds is 4. The van der Waals surface area contributed by atoms with Crippen LogP contribution in [0.2, 0.25) is 0 Å². The van der Waals surface area contributed by atoms with Crippen LogP contribution in [0.5, 0.6) is 0 Å². The Labute approximate surface area is 74.1 Å². The van der Waals surface area contributed by atoms with Gasteiger partial charge in [0.25, 0.3) is 0 Å². The maximum Gasteiger partial charge on any atom is 0.0462 e. The molecular weight excluding hydrogens is 148 g/mol. The Kier molecular flexibility index (Phi) is 3.81. The average molecular weight is 164 g/mol. The first-order valence-electron chi connectivity index (χ1n) is 4.51. The van der Waals surface area contributed by atoms with E-state index in [0.717, 1.165) is 12.8 Å². The van der Waals surface area contributed by atoms with Crippen LogP contribution in [-0.2, 0) is 6.42 Å². The molecule has 0 spiro atoms. The molecule has 1 N–H and O–H groups in total. The maximum atomic E-state index is 8.99. The molecule has 12 heavy (non-hydrogen) atoms. The summed E-state index contributed by atoms with van der Waals surface area (Å²) in [6, 6.07) is 10.3. The first kappa shape index (κ1) is 9.27. The van der Waals surface area contributed by atoms with E-state index in [0.29, 0.717) is 12.5 Å². The van der Waals surface area contributed by atoms with Crippen molar-refractivity contribution in [1.29, 1.82) is 0 Å². The molecule has 0 radical (unpaired) electrons. The highest BCUT2D eigenvalue weighted by molar-refractivity contribution is 5.15. The van der Waals surface area contributed by atoms with Gasteiger partial charge in [0.15, 0.2) is 0 Å². The van der Waals surface area contributed by atoms with E-state index < -0.39 is 0 Å². The summed E-state index contributed by atoms with van der Waals surface area (Å²) in [5, 5.41) is 8.99. The van der Waals surface area contributed by atoms with Crippen LogP contribution < -0.4 is 0 Å². The number of hydrogen-bond acceptors (Lipinski definition) is 1. The number of aliphatic hydroxyl groups is 1. The maximum absolute atomic E-state index is 8.99. The zero-order valence-electron chi connectivity index (χ0n) is 7.53. The van der Waals surface area contributed by atoms with Crippen LogP contribution in [0.1, 0.15) is 18.9 Å². The minimum absolute atomic E-state index is 0.297. The van der Waals surface area contributed by atoms with Gasteiger partial charge in [-0.1, -0.05) is 43.7 Å². The van der Waals surface area contributed by atoms with E-state index in [1.165, 1.54) is 5.56 Å². The molecule has 0 aliphatic carbocycles. The topological polar surface area (TPSA) is 20.2 Å². The van der Waals surface area contributed by atoms with E-state index >= 15 is 0 Å². The van der Waals surface area contributed by atoms with Gasteiger partial charge in [0.1, 0.15) is 0 Å². The summed E-state index contributed by atoms with van der Waals surface area (Å²) in [5.74, 6) is 0.424. The predicted octanol–water partition coefficient (Wildman–Crippen LogP) is 2.25. The van der Waals surface area contributed by atoms with E-state index in [2.05, 4.69) is 19.1 Å². The van der Waals surface area contributed by atoms with Crippen molar-refractivity contribution < 1.29 is 5.11 Å². The highest BCUT2D eigenvalue weighted by Gasteiger charge is 2.04. The fourth-order valence-corrected chi connectivity index (χ4v) is 1.29. The van der Waals surface area contributed by atoms with Crippen molar-refractivity contribution in [2.24, 2.45) is 5.92 Å². The third-order valence-corrected chi connectivity index (χ3v) is 2.20. The van der Waals surface area contributed by atoms with E-state index in [-0.39, 0.29) is 0 Å². The Balaban J connectivity index is 2.51. The monoisotopic (exact) mass is 164 g/mol. The van der Waals surface area contributed by atoms with Crippen molar-refractivity contribution in [1.82, 2.24) is 0 Å². The number of benzene rings is 1. The fraction of sp³-hybridized carbons (Fsp3) is 0.455. The lowest BCUT2D eigenvalue weighted by atomic mass is 9.98. The third kappa shape index (κ3) is 2.67. The lowest BCUT2D eigenvalue weighted by molar-refractivity contribution is 0.222. The minimum atomic E-state index is 0.297. The molecule has 0 bridgehead atoms. The lowest BCUT2D eigenvalue weighted by Gasteiger charge is -2.10. The molecule has 0 saturated carbocycles. The Morgan fingerprint density at radius 1 is 1.25 bits per heavy atom. The lowest BCUT2D eigenvalue weighted by Crippen LogP contribution is -2.07. The smallest absolute Gasteiger partial charge is 0.0462 e. The SMILES string of the molecule is CC[C@H](CO)Cc1ccccc1. The van der Waals surface area contributed by atoms with Gasteiger partial charge in [-0.15, -0.1) is 0 Å². The van der Waals surface area contributed by atoms with Crippen LogP contribution in [-0.4, -0.2) is 11.7 Å². The normalized spacial score (nSPS) is 12.8. The van der Waals surface area contributed by atoms with Crippen molar-refractivity contribution in [3.05, 3.63) is 35.9 Å². The third-order valence-electron chi connectivity index (χ3n) is 2.20. The summed E-state index contributed by atoms with van der Waals surface area (Å²) < 4.78 is 0. The van der Waals surface area contributed by atoms with Crippen LogP contribution in [0.4, 0.5) is 0 Å². The number of aliphatic hydroxyl groups excluding tert-OH is 1. The standard InChI is InChI=1S/C11H16O/c1-2-10(9-12)8-11-6-4-3-5-7-11/h3-7,10,12H,2,8-9H2,1H3/t10-/m0/s1. The summed E-state index contributed by atoms with van der Waals surface area (Å²) in [5.41, 5.74) is 1.32. The first-order valence-corrected chi connectivity index (χ1v) is 4.51. The van der Waals surface area contributed by atoms with Gasteiger partial charge in [-0.2, -0.15) is 0 Å². The Bertz CT molecular complexity index is 202. The van der Waals surface area contributed by atoms with Gasteiger partial charge in [0, 0.05) is 6.61 Å². The zero-order valence-corrected chi connectivity index (χ0v) is 7.53. The van der Waals surface area contributed by atoms with E-state index in [4.69, 9.17) is 5.11 Å². The molecule has 1 heteroatoms. The second kappa shape index (κ2) is 4.94. The molecule has 1 aromatic rings. The molecule has 66 valence electrons. The Morgan fingerprint density at radius 3 is 2.42 bits per heavy atom. The van der Waals surface area contributed by atoms with Gasteiger partial charge in [0.05, 0.1) is 0 Å². The molecule has 0 aliphatic rings. The predicted molar refractivity (Wildman–Crippen MR) is 51.0 cm³/mol. The van der Waals surface area contributed by atoms with Gasteiger partial charge < -0.3 is 5.11 Å². The Hall–Kier alpha value is -0.820. The zero-order chi connectivity index (χ0) is 8.81. The van der Waals surface area contributed by atoms with Gasteiger partial charge in [-0.25, -0.2) is 0 Å². The molecule has 0 unspecified atom stereocenters. The molecular formula is C11H16O. The largest absolute Gasteiger partial charge is 0.396 e. The van der Waals surface area contributed by atoms with Gasteiger partial charge in [0.2, 0.25) is 0 Å². The Morgan fingerprint density at radius 2 is 1.92 bits per heavy atom. The van der Waals surface area contributed by atoms with Crippen molar-refractivity contribution in [3.8, 4) is 0 Å². The van der Waals surface area contributed by atoms with Crippen molar-refractivity contribution in [2.75, 3.05) is 6.61 Å². The molecule has 0 fully saturated rings. The summed E-state index contributed by atoms with van der Waals surface area (Å²) >= 11 is 0. The second-order valence-corrected chi connectivity index (χ2v) is 3.15. The van der Waals surface area contributed by atoms with Crippen LogP contribution in [0.15, 0.2) is 30.3 Å². The minimum Gasteiger partial charge on any atom is -0.396 e. The van der Waals surface area contributed by atoms with Crippen molar-refractivity contribution in [3.63, 3.8) is 0 Å². The first-order chi connectivity index (χ1) is 5.86. The van der Waals surface area contributed by atoms with Crippen LogP contribution in [0.25, 0.3) is 0 Å². The number of hydrogen-bond donors (Lipinski definition) is 1. The summed E-state index contributed by atoms with van der Waals surface area (Å²) in [4.78, 5) is 0. The molecule has 0 saturated heterocycles. The summed E-state index contributed by atoms with van der Waals surface area (Å²) in [6.07, 6.45) is 2.04. The highest BCUT2D eigenvalue weighted by atomic mass is 16.3. The molecule has 0 aromatic heterocycles. The van der Waals surface area contributed by atoms with E-state index in [1.807, 2.05) is 18.2 Å².